The Morgan fingerprint density at radius 3 is 2.72 bits per heavy atom. The molecule has 0 bridgehead atoms. The predicted octanol–water partition coefficient (Wildman–Crippen LogP) is -0.103. The molecule has 0 aliphatic carbocycles. The molecule has 1 unspecified atom stereocenters. The van der Waals surface area contributed by atoms with E-state index in [2.05, 4.69) is 20.7 Å². The van der Waals surface area contributed by atoms with Crippen molar-refractivity contribution in [3.8, 4) is 0 Å². The minimum Gasteiger partial charge on any atom is -0.380 e. The van der Waals surface area contributed by atoms with Crippen LogP contribution in [0.4, 0.5) is 5.95 Å². The van der Waals surface area contributed by atoms with Crippen molar-refractivity contribution in [2.45, 2.75) is 25.6 Å². The lowest BCUT2D eigenvalue weighted by molar-refractivity contribution is -0.122. The van der Waals surface area contributed by atoms with E-state index in [0.29, 0.717) is 6.54 Å². The molecule has 0 saturated heterocycles. The van der Waals surface area contributed by atoms with Crippen molar-refractivity contribution in [3.63, 3.8) is 0 Å². The molecule has 0 spiro atoms. The summed E-state index contributed by atoms with van der Waals surface area (Å²) in [5.41, 5.74) is 6.48. The van der Waals surface area contributed by atoms with Gasteiger partial charge in [0.1, 0.15) is 12.9 Å². The van der Waals surface area contributed by atoms with E-state index in [1.165, 1.54) is 18.1 Å². The number of carbonyl (C=O) groups is 2. The van der Waals surface area contributed by atoms with Gasteiger partial charge in [-0.15, -0.1) is 5.10 Å². The first-order chi connectivity index (χ1) is 12.1. The number of nitrogens with zero attached hydrogens (tertiary/aromatic N) is 3. The summed E-state index contributed by atoms with van der Waals surface area (Å²) in [6.07, 6.45) is 1.14. The Kier molecular flexibility index (Phi) is 7.05. The molecule has 2 amide bonds. The third-order valence-corrected chi connectivity index (χ3v) is 3.44. The van der Waals surface area contributed by atoms with Crippen molar-refractivity contribution >= 4 is 17.8 Å². The smallest absolute Gasteiger partial charge is 0.248 e. The SMILES string of the molecule is COC(CN)CC(=O)Nc1ncn(CC(=O)NCc2ccccc2)n1. The van der Waals surface area contributed by atoms with Crippen LogP contribution < -0.4 is 16.4 Å². The highest BCUT2D eigenvalue weighted by Crippen LogP contribution is 2.02. The Morgan fingerprint density at radius 1 is 1.28 bits per heavy atom. The van der Waals surface area contributed by atoms with Crippen molar-refractivity contribution in [2.75, 3.05) is 19.0 Å². The normalized spacial score (nSPS) is 11.8. The van der Waals surface area contributed by atoms with Crippen molar-refractivity contribution in [3.05, 3.63) is 42.2 Å². The van der Waals surface area contributed by atoms with Crippen LogP contribution in [0.5, 0.6) is 0 Å². The molecule has 0 fully saturated rings. The molecule has 0 aliphatic rings. The van der Waals surface area contributed by atoms with E-state index in [0.717, 1.165) is 5.56 Å². The molecular weight excluding hydrogens is 324 g/mol. The predicted molar refractivity (Wildman–Crippen MR) is 91.4 cm³/mol. The number of methoxy groups -OCH3 is 1. The van der Waals surface area contributed by atoms with Gasteiger partial charge in [-0.25, -0.2) is 9.67 Å². The van der Waals surface area contributed by atoms with E-state index in [4.69, 9.17) is 10.5 Å². The number of nitrogens with one attached hydrogen (secondary N) is 2. The summed E-state index contributed by atoms with van der Waals surface area (Å²) in [4.78, 5) is 27.7. The number of amides is 2. The van der Waals surface area contributed by atoms with Gasteiger partial charge in [-0.2, -0.15) is 0 Å². The fourth-order valence-electron chi connectivity index (χ4n) is 2.07. The third kappa shape index (κ3) is 6.32. The molecule has 25 heavy (non-hydrogen) atoms. The number of rotatable bonds is 9. The van der Waals surface area contributed by atoms with Crippen LogP contribution >= 0.6 is 0 Å². The molecule has 2 rings (SSSR count). The van der Waals surface area contributed by atoms with Crippen LogP contribution in [0.2, 0.25) is 0 Å². The molecule has 1 heterocycles. The highest BCUT2D eigenvalue weighted by Gasteiger charge is 2.13. The van der Waals surface area contributed by atoms with Crippen LogP contribution in [-0.4, -0.2) is 46.3 Å². The van der Waals surface area contributed by atoms with Gasteiger partial charge in [-0.05, 0) is 5.56 Å². The Hall–Kier alpha value is -2.78. The number of nitrogens with two attached hydrogens (primary N) is 1. The number of ether oxygens (including phenoxy) is 1. The Balaban J connectivity index is 1.78. The Bertz CT molecular complexity index is 684. The van der Waals surface area contributed by atoms with Crippen LogP contribution in [0.1, 0.15) is 12.0 Å². The molecule has 2 aromatic rings. The summed E-state index contributed by atoms with van der Waals surface area (Å²) in [7, 11) is 1.49. The number of benzene rings is 1. The van der Waals surface area contributed by atoms with Crippen molar-refractivity contribution < 1.29 is 14.3 Å². The maximum Gasteiger partial charge on any atom is 0.248 e. The maximum absolute atomic E-state index is 11.9. The van der Waals surface area contributed by atoms with Gasteiger partial charge in [0.05, 0.1) is 12.5 Å². The van der Waals surface area contributed by atoms with E-state index < -0.39 is 0 Å². The largest absolute Gasteiger partial charge is 0.380 e. The van der Waals surface area contributed by atoms with Gasteiger partial charge < -0.3 is 15.8 Å². The van der Waals surface area contributed by atoms with Crippen molar-refractivity contribution in [2.24, 2.45) is 5.73 Å². The zero-order valence-electron chi connectivity index (χ0n) is 14.0. The summed E-state index contributed by atoms with van der Waals surface area (Å²) in [6, 6.07) is 9.59. The molecular formula is C16H22N6O3. The molecule has 4 N–H and O–H groups in total. The van der Waals surface area contributed by atoms with Gasteiger partial charge in [0.2, 0.25) is 17.8 Å². The molecule has 0 aliphatic heterocycles. The molecule has 9 heteroatoms. The van der Waals surface area contributed by atoms with Crippen LogP contribution in [0.3, 0.4) is 0 Å². The van der Waals surface area contributed by atoms with Crippen molar-refractivity contribution in [1.29, 1.82) is 0 Å². The second kappa shape index (κ2) is 9.50. The van der Waals surface area contributed by atoms with E-state index in [1.807, 2.05) is 30.3 Å². The molecule has 134 valence electrons. The number of aromatic nitrogens is 3. The van der Waals surface area contributed by atoms with E-state index in [9.17, 15) is 9.59 Å². The van der Waals surface area contributed by atoms with Gasteiger partial charge in [0.15, 0.2) is 0 Å². The summed E-state index contributed by atoms with van der Waals surface area (Å²) in [5.74, 6) is -0.370. The molecule has 1 aromatic carbocycles. The van der Waals surface area contributed by atoms with Gasteiger partial charge in [0.25, 0.3) is 0 Å². The monoisotopic (exact) mass is 346 g/mol. The van der Waals surface area contributed by atoms with Crippen LogP contribution in [0.25, 0.3) is 0 Å². The second-order valence-electron chi connectivity index (χ2n) is 5.37. The zero-order valence-corrected chi connectivity index (χ0v) is 14.0. The summed E-state index contributed by atoms with van der Waals surface area (Å²) in [5, 5.41) is 9.38. The van der Waals surface area contributed by atoms with Gasteiger partial charge in [-0.1, -0.05) is 30.3 Å². The number of anilines is 1. The molecule has 9 nitrogen and oxygen atoms in total. The Labute approximate surface area is 145 Å². The summed E-state index contributed by atoms with van der Waals surface area (Å²) >= 11 is 0. The minimum absolute atomic E-state index is 0.0131. The lowest BCUT2D eigenvalue weighted by Crippen LogP contribution is -2.28. The van der Waals surface area contributed by atoms with Crippen LogP contribution in [0.15, 0.2) is 36.7 Å². The van der Waals surface area contributed by atoms with Gasteiger partial charge >= 0.3 is 0 Å². The van der Waals surface area contributed by atoms with Gasteiger partial charge in [0, 0.05) is 20.2 Å². The van der Waals surface area contributed by atoms with Crippen LogP contribution in [-0.2, 0) is 27.4 Å². The fourth-order valence-corrected chi connectivity index (χ4v) is 2.07. The maximum atomic E-state index is 11.9. The van der Waals surface area contributed by atoms with E-state index >= 15 is 0 Å². The van der Waals surface area contributed by atoms with Crippen LogP contribution in [0, 0.1) is 0 Å². The zero-order chi connectivity index (χ0) is 18.1. The lowest BCUT2D eigenvalue weighted by atomic mass is 10.2. The van der Waals surface area contributed by atoms with Crippen molar-refractivity contribution in [1.82, 2.24) is 20.1 Å². The van der Waals surface area contributed by atoms with Gasteiger partial charge in [-0.3, -0.25) is 14.9 Å². The summed E-state index contributed by atoms with van der Waals surface area (Å²) in [6.45, 7) is 0.696. The average Bonchev–Trinajstić information content (AvgIpc) is 3.05. The standard InChI is InChI=1S/C16H22N6O3/c1-25-13(8-17)7-14(23)20-16-19-11-22(21-16)10-15(24)18-9-12-5-3-2-4-6-12/h2-6,11,13H,7-10,17H2,1H3,(H,18,24)(H,20,21,23). The molecule has 1 atom stereocenters. The Morgan fingerprint density at radius 2 is 2.04 bits per heavy atom. The topological polar surface area (TPSA) is 124 Å². The second-order valence-corrected chi connectivity index (χ2v) is 5.37. The number of hydrogen-bond acceptors (Lipinski definition) is 6. The average molecular weight is 346 g/mol. The fraction of sp³-hybridized carbons (Fsp3) is 0.375. The van der Waals surface area contributed by atoms with E-state index in [-0.39, 0.29) is 43.4 Å². The summed E-state index contributed by atoms with van der Waals surface area (Å²) < 4.78 is 6.40. The first-order valence-corrected chi connectivity index (χ1v) is 7.83. The quantitative estimate of drug-likeness (QED) is 0.582. The minimum atomic E-state index is -0.356. The lowest BCUT2D eigenvalue weighted by Gasteiger charge is -2.11. The first kappa shape index (κ1) is 18.6. The number of carbonyl (C=O) groups excluding carboxylic acids is 2. The molecule has 1 aromatic heterocycles. The highest BCUT2D eigenvalue weighted by molar-refractivity contribution is 5.89. The third-order valence-electron chi connectivity index (χ3n) is 3.44. The highest BCUT2D eigenvalue weighted by atomic mass is 16.5. The number of hydrogen-bond donors (Lipinski definition) is 3. The first-order valence-electron chi connectivity index (χ1n) is 7.83. The molecule has 0 radical (unpaired) electrons. The molecule has 0 saturated carbocycles. The van der Waals surface area contributed by atoms with E-state index in [1.54, 1.807) is 0 Å².